The van der Waals surface area contributed by atoms with Crippen molar-refractivity contribution in [3.8, 4) is 5.75 Å². The molecule has 1 aromatic rings. The van der Waals surface area contributed by atoms with Gasteiger partial charge in [-0.2, -0.15) is 0 Å². The molecule has 94 valence electrons. The number of nitro groups is 1. The number of anilines is 1. The van der Waals surface area contributed by atoms with Crippen LogP contribution in [0.25, 0.3) is 0 Å². The van der Waals surface area contributed by atoms with Crippen LogP contribution in [0.15, 0.2) is 18.2 Å². The lowest BCUT2D eigenvalue weighted by molar-refractivity contribution is -0.384. The molecule has 0 atom stereocenters. The summed E-state index contributed by atoms with van der Waals surface area (Å²) in [5.74, 6) is -2.34. The molecule has 0 aliphatic heterocycles. The van der Waals surface area contributed by atoms with E-state index in [4.69, 9.17) is 4.74 Å². The summed E-state index contributed by atoms with van der Waals surface area (Å²) < 4.78 is 4.91. The fourth-order valence-electron chi connectivity index (χ4n) is 1.26. The molecule has 0 aliphatic carbocycles. The third-order valence-electron chi connectivity index (χ3n) is 2.18. The number of nitrogens with one attached hydrogen (secondary N) is 1. The van der Waals surface area contributed by atoms with Gasteiger partial charge in [0.25, 0.3) is 5.69 Å². The van der Waals surface area contributed by atoms with Crippen LogP contribution < -0.4 is 10.1 Å². The molecule has 7 nitrogen and oxygen atoms in total. The van der Waals surface area contributed by atoms with Gasteiger partial charge in [-0.3, -0.25) is 10.1 Å². The molecular weight excluding hydrogens is 228 g/mol. The highest BCUT2D eigenvalue weighted by molar-refractivity contribution is 5.69. The number of ether oxygens (including phenoxy) is 1. The van der Waals surface area contributed by atoms with Gasteiger partial charge in [0.15, 0.2) is 11.4 Å². The van der Waals surface area contributed by atoms with Gasteiger partial charge in [0.05, 0.1) is 4.92 Å². The van der Waals surface area contributed by atoms with Crippen LogP contribution in [-0.4, -0.2) is 28.2 Å². The van der Waals surface area contributed by atoms with Crippen LogP contribution in [0.2, 0.25) is 0 Å². The summed E-state index contributed by atoms with van der Waals surface area (Å²) in [5, 5.41) is 32.1. The molecule has 17 heavy (non-hydrogen) atoms. The Hall–Kier alpha value is -1.86. The van der Waals surface area contributed by atoms with Gasteiger partial charge in [-0.05, 0) is 6.07 Å². The van der Waals surface area contributed by atoms with E-state index in [1.165, 1.54) is 32.2 Å². The van der Waals surface area contributed by atoms with E-state index in [0.29, 0.717) is 0 Å². The van der Waals surface area contributed by atoms with Crippen molar-refractivity contribution >= 4 is 11.4 Å². The van der Waals surface area contributed by atoms with Crippen LogP contribution in [0.4, 0.5) is 11.4 Å². The number of benzene rings is 1. The number of nitrogens with zero attached hydrogens (tertiary/aromatic N) is 1. The Balaban J connectivity index is 3.16. The van der Waals surface area contributed by atoms with Gasteiger partial charge in [0.1, 0.15) is 0 Å². The van der Waals surface area contributed by atoms with Crippen molar-refractivity contribution in [2.45, 2.75) is 19.3 Å². The van der Waals surface area contributed by atoms with Crippen molar-refractivity contribution in [2.75, 3.05) is 12.4 Å². The molecule has 0 saturated carbocycles. The van der Waals surface area contributed by atoms with Crippen molar-refractivity contribution in [3.05, 3.63) is 28.3 Å². The van der Waals surface area contributed by atoms with E-state index >= 15 is 0 Å². The van der Waals surface area contributed by atoms with Crippen LogP contribution in [0.3, 0.4) is 0 Å². The van der Waals surface area contributed by atoms with Gasteiger partial charge in [-0.25, -0.2) is 0 Å². The van der Waals surface area contributed by atoms with Crippen LogP contribution in [0.5, 0.6) is 5.75 Å². The lowest BCUT2D eigenvalue weighted by Gasteiger charge is -2.22. The number of hydrogen-bond donors (Lipinski definition) is 3. The second kappa shape index (κ2) is 4.98. The Morgan fingerprint density at radius 3 is 2.65 bits per heavy atom. The topological polar surface area (TPSA) is 105 Å². The van der Waals surface area contributed by atoms with Gasteiger partial charge in [-0.1, -0.05) is 13.0 Å². The maximum absolute atomic E-state index is 10.8. The maximum atomic E-state index is 10.8. The standard InChI is InChI=1S/C10H14N2O5/c1-3-10(13,14)17-8-6-4-5-7(12(15)16)9(8)11-2/h4-6,11,13-14H,3H2,1-2H3. The van der Waals surface area contributed by atoms with Crippen molar-refractivity contribution in [2.24, 2.45) is 0 Å². The molecule has 0 fully saturated rings. The fourth-order valence-corrected chi connectivity index (χ4v) is 1.26. The number of para-hydroxylation sites is 1. The highest BCUT2D eigenvalue weighted by atomic mass is 16.8. The molecule has 7 heteroatoms. The normalized spacial score (nSPS) is 11.1. The summed E-state index contributed by atoms with van der Waals surface area (Å²) in [6, 6.07) is 4.11. The highest BCUT2D eigenvalue weighted by Crippen LogP contribution is 2.35. The first-order valence-electron chi connectivity index (χ1n) is 5.00. The molecule has 0 bridgehead atoms. The molecule has 0 unspecified atom stereocenters. The van der Waals surface area contributed by atoms with Gasteiger partial charge in [-0.15, -0.1) is 0 Å². The smallest absolute Gasteiger partial charge is 0.321 e. The summed E-state index contributed by atoms with van der Waals surface area (Å²) >= 11 is 0. The van der Waals surface area contributed by atoms with Crippen molar-refractivity contribution in [1.82, 2.24) is 0 Å². The molecule has 0 aliphatic rings. The van der Waals surface area contributed by atoms with Gasteiger partial charge in [0, 0.05) is 19.5 Å². The zero-order valence-corrected chi connectivity index (χ0v) is 9.51. The second-order valence-corrected chi connectivity index (χ2v) is 3.36. The Bertz CT molecular complexity index is 419. The highest BCUT2D eigenvalue weighted by Gasteiger charge is 2.26. The van der Waals surface area contributed by atoms with E-state index in [-0.39, 0.29) is 23.5 Å². The molecule has 0 heterocycles. The minimum atomic E-state index is -2.35. The first-order chi connectivity index (χ1) is 7.91. The van der Waals surface area contributed by atoms with E-state index in [1.54, 1.807) is 0 Å². The second-order valence-electron chi connectivity index (χ2n) is 3.36. The van der Waals surface area contributed by atoms with E-state index in [9.17, 15) is 20.3 Å². The van der Waals surface area contributed by atoms with E-state index in [2.05, 4.69) is 5.32 Å². The molecule has 0 spiro atoms. The molecule has 1 rings (SSSR count). The van der Waals surface area contributed by atoms with Crippen molar-refractivity contribution in [3.63, 3.8) is 0 Å². The number of hydrogen-bond acceptors (Lipinski definition) is 6. The van der Waals surface area contributed by atoms with Crippen LogP contribution in [0, 0.1) is 10.1 Å². The molecule has 0 aromatic heterocycles. The quantitative estimate of drug-likeness (QED) is 0.405. The monoisotopic (exact) mass is 242 g/mol. The SMILES string of the molecule is CCC(O)(O)Oc1cccc([N+](=O)[O-])c1NC. The Labute approximate surface area is 97.8 Å². The first-order valence-corrected chi connectivity index (χ1v) is 5.00. The Kier molecular flexibility index (Phi) is 3.87. The zero-order valence-electron chi connectivity index (χ0n) is 9.51. The molecule has 1 aromatic carbocycles. The number of nitro benzene ring substituents is 1. The summed E-state index contributed by atoms with van der Waals surface area (Å²) in [6.45, 7) is 1.51. The summed E-state index contributed by atoms with van der Waals surface area (Å²) in [6.07, 6.45) is -0.0706. The van der Waals surface area contributed by atoms with Crippen LogP contribution in [-0.2, 0) is 0 Å². The lowest BCUT2D eigenvalue weighted by Crippen LogP contribution is -2.34. The molecule has 0 radical (unpaired) electrons. The minimum absolute atomic E-state index is 0.00792. The predicted octanol–water partition coefficient (Wildman–Crippen LogP) is 1.06. The van der Waals surface area contributed by atoms with Gasteiger partial charge < -0.3 is 20.3 Å². The minimum Gasteiger partial charge on any atom is -0.437 e. The average molecular weight is 242 g/mol. The van der Waals surface area contributed by atoms with E-state index in [1.807, 2.05) is 0 Å². The van der Waals surface area contributed by atoms with Crippen molar-refractivity contribution < 1.29 is 19.9 Å². The molecular formula is C10H14N2O5. The Morgan fingerprint density at radius 2 is 2.18 bits per heavy atom. The Morgan fingerprint density at radius 1 is 1.53 bits per heavy atom. The summed E-state index contributed by atoms with van der Waals surface area (Å²) in [7, 11) is 1.48. The third kappa shape index (κ3) is 3.05. The molecule has 0 amide bonds. The fraction of sp³-hybridized carbons (Fsp3) is 0.400. The number of aliphatic hydroxyl groups is 2. The average Bonchev–Trinajstić information content (AvgIpc) is 2.28. The van der Waals surface area contributed by atoms with E-state index < -0.39 is 10.9 Å². The van der Waals surface area contributed by atoms with Gasteiger partial charge >= 0.3 is 5.97 Å². The van der Waals surface area contributed by atoms with Gasteiger partial charge in [0.2, 0.25) is 0 Å². The largest absolute Gasteiger partial charge is 0.437 e. The predicted molar refractivity (Wildman–Crippen MR) is 60.7 cm³/mol. The number of rotatable bonds is 5. The summed E-state index contributed by atoms with van der Waals surface area (Å²) in [4.78, 5) is 10.2. The zero-order chi connectivity index (χ0) is 13.1. The lowest BCUT2D eigenvalue weighted by atomic mass is 10.2. The van der Waals surface area contributed by atoms with Crippen molar-refractivity contribution in [1.29, 1.82) is 0 Å². The molecule has 3 N–H and O–H groups in total. The maximum Gasteiger partial charge on any atom is 0.321 e. The third-order valence-corrected chi connectivity index (χ3v) is 2.18. The summed E-state index contributed by atoms with van der Waals surface area (Å²) in [5.41, 5.74) is -0.102. The first kappa shape index (κ1) is 13.2. The van der Waals surface area contributed by atoms with Crippen LogP contribution >= 0.6 is 0 Å². The van der Waals surface area contributed by atoms with E-state index in [0.717, 1.165) is 0 Å². The molecule has 0 saturated heterocycles. The van der Waals surface area contributed by atoms with Crippen LogP contribution in [0.1, 0.15) is 13.3 Å².